The highest BCUT2D eigenvalue weighted by molar-refractivity contribution is 9.10. The van der Waals surface area contributed by atoms with Gasteiger partial charge >= 0.3 is 0 Å². The first-order valence-corrected chi connectivity index (χ1v) is 8.86. The van der Waals surface area contributed by atoms with Crippen LogP contribution >= 0.6 is 15.9 Å². The normalized spacial score (nSPS) is 19.0. The van der Waals surface area contributed by atoms with Crippen molar-refractivity contribution in [2.75, 3.05) is 25.0 Å². The minimum Gasteiger partial charge on any atom is -0.347 e. The highest BCUT2D eigenvalue weighted by atomic mass is 79.9. The van der Waals surface area contributed by atoms with Crippen LogP contribution in [0.25, 0.3) is 0 Å². The third-order valence-corrected chi connectivity index (χ3v) is 4.75. The Balaban J connectivity index is 1.68. The summed E-state index contributed by atoms with van der Waals surface area (Å²) in [6.45, 7) is 4.17. The van der Waals surface area contributed by atoms with Gasteiger partial charge in [0.05, 0.1) is 6.54 Å². The fourth-order valence-corrected chi connectivity index (χ4v) is 3.08. The Morgan fingerprint density at radius 2 is 2.04 bits per heavy atom. The van der Waals surface area contributed by atoms with E-state index < -0.39 is 0 Å². The minimum absolute atomic E-state index is 0.00450. The first kappa shape index (κ1) is 17.9. The van der Waals surface area contributed by atoms with E-state index in [0.717, 1.165) is 17.6 Å². The lowest BCUT2D eigenvalue weighted by molar-refractivity contribution is -0.125. The Morgan fingerprint density at radius 1 is 1.30 bits per heavy atom. The molecule has 1 aliphatic rings. The Hall–Kier alpha value is -1.40. The summed E-state index contributed by atoms with van der Waals surface area (Å²) in [7, 11) is 0. The molecule has 1 aromatic rings. The van der Waals surface area contributed by atoms with Crippen LogP contribution in [0.5, 0.6) is 0 Å². The molecule has 1 heterocycles. The molecule has 2 rings (SSSR count). The van der Waals surface area contributed by atoms with Crippen LogP contribution in [0.4, 0.5) is 5.69 Å². The van der Waals surface area contributed by atoms with Crippen LogP contribution in [-0.4, -0.2) is 31.4 Å². The molecule has 0 saturated carbocycles. The predicted octanol–water partition coefficient (Wildman–Crippen LogP) is 2.53. The van der Waals surface area contributed by atoms with Crippen molar-refractivity contribution in [3.05, 3.63) is 28.7 Å². The summed E-state index contributed by atoms with van der Waals surface area (Å²) in [6, 6.07) is 7.33. The summed E-state index contributed by atoms with van der Waals surface area (Å²) in [6.07, 6.45) is 2.82. The van der Waals surface area contributed by atoms with Gasteiger partial charge in [0, 0.05) is 16.6 Å². The van der Waals surface area contributed by atoms with Crippen LogP contribution in [0.2, 0.25) is 0 Å². The highest BCUT2D eigenvalue weighted by Gasteiger charge is 2.22. The number of anilines is 1. The zero-order chi connectivity index (χ0) is 16.7. The van der Waals surface area contributed by atoms with Crippen molar-refractivity contribution in [3.63, 3.8) is 0 Å². The molecule has 1 aliphatic heterocycles. The molecule has 23 heavy (non-hydrogen) atoms. The maximum Gasteiger partial charge on any atom is 0.243 e. The molecule has 1 aromatic carbocycles. The van der Waals surface area contributed by atoms with Crippen LogP contribution in [-0.2, 0) is 9.59 Å². The van der Waals surface area contributed by atoms with Gasteiger partial charge in [-0.3, -0.25) is 9.59 Å². The number of amides is 2. The van der Waals surface area contributed by atoms with Crippen molar-refractivity contribution in [3.8, 4) is 0 Å². The van der Waals surface area contributed by atoms with Crippen LogP contribution in [0.1, 0.15) is 26.2 Å². The van der Waals surface area contributed by atoms with Gasteiger partial charge in [0.1, 0.15) is 0 Å². The van der Waals surface area contributed by atoms with Crippen LogP contribution < -0.4 is 16.0 Å². The molecule has 126 valence electrons. The van der Waals surface area contributed by atoms with E-state index in [0.29, 0.717) is 23.9 Å². The number of rotatable bonds is 6. The van der Waals surface area contributed by atoms with Crippen LogP contribution in [0.15, 0.2) is 28.7 Å². The van der Waals surface area contributed by atoms with Crippen molar-refractivity contribution in [1.82, 2.24) is 10.6 Å². The van der Waals surface area contributed by atoms with E-state index >= 15 is 0 Å². The van der Waals surface area contributed by atoms with Crippen molar-refractivity contribution in [1.29, 1.82) is 0 Å². The summed E-state index contributed by atoms with van der Waals surface area (Å²) >= 11 is 3.34. The second kappa shape index (κ2) is 9.03. The van der Waals surface area contributed by atoms with Gasteiger partial charge in [0.25, 0.3) is 0 Å². The second-order valence-corrected chi connectivity index (χ2v) is 7.04. The molecule has 1 fully saturated rings. The molecular weight excluding hydrogens is 358 g/mol. The predicted molar refractivity (Wildman–Crippen MR) is 95.2 cm³/mol. The monoisotopic (exact) mass is 381 g/mol. The fraction of sp³-hybridized carbons (Fsp3) is 0.529. The van der Waals surface area contributed by atoms with Crippen molar-refractivity contribution in [2.45, 2.75) is 26.2 Å². The van der Waals surface area contributed by atoms with E-state index in [1.165, 1.54) is 12.8 Å². The van der Waals surface area contributed by atoms with Crippen LogP contribution in [0, 0.1) is 11.8 Å². The molecular formula is C17H24BrN3O2. The molecule has 2 unspecified atom stereocenters. The molecule has 2 atom stereocenters. The molecule has 0 bridgehead atoms. The number of benzene rings is 1. The summed E-state index contributed by atoms with van der Waals surface area (Å²) in [5.74, 6) is 0.602. The minimum atomic E-state index is -0.215. The molecule has 0 aromatic heterocycles. The number of hydrogen-bond donors (Lipinski definition) is 3. The zero-order valence-electron chi connectivity index (χ0n) is 13.4. The lowest BCUT2D eigenvalue weighted by Crippen LogP contribution is -2.37. The molecule has 2 amide bonds. The summed E-state index contributed by atoms with van der Waals surface area (Å²) in [5, 5.41) is 8.83. The van der Waals surface area contributed by atoms with Gasteiger partial charge < -0.3 is 16.0 Å². The van der Waals surface area contributed by atoms with Gasteiger partial charge in [-0.05, 0) is 62.0 Å². The van der Waals surface area contributed by atoms with Gasteiger partial charge in [-0.2, -0.15) is 0 Å². The quantitative estimate of drug-likeness (QED) is 0.708. The van der Waals surface area contributed by atoms with Crippen molar-refractivity contribution >= 4 is 33.4 Å². The van der Waals surface area contributed by atoms with Crippen molar-refractivity contribution < 1.29 is 9.59 Å². The third kappa shape index (κ3) is 6.31. The SMILES string of the molecule is CC(CC(=O)NCC(=O)Nc1ccc(Br)cc1)C1CCCNC1. The molecule has 1 saturated heterocycles. The van der Waals surface area contributed by atoms with Gasteiger partial charge in [-0.1, -0.05) is 22.9 Å². The number of piperidine rings is 1. The molecule has 0 radical (unpaired) electrons. The maximum absolute atomic E-state index is 12.0. The number of nitrogens with one attached hydrogen (secondary N) is 3. The Bertz CT molecular complexity index is 527. The first-order chi connectivity index (χ1) is 11.0. The Morgan fingerprint density at radius 3 is 2.70 bits per heavy atom. The lowest BCUT2D eigenvalue weighted by Gasteiger charge is -2.27. The molecule has 3 N–H and O–H groups in total. The fourth-order valence-electron chi connectivity index (χ4n) is 2.81. The van der Waals surface area contributed by atoms with E-state index in [9.17, 15) is 9.59 Å². The van der Waals surface area contributed by atoms with Gasteiger partial charge in [-0.25, -0.2) is 0 Å². The Labute approximate surface area is 145 Å². The number of carbonyl (C=O) groups is 2. The average molecular weight is 382 g/mol. The number of carbonyl (C=O) groups excluding carboxylic acids is 2. The number of hydrogen-bond acceptors (Lipinski definition) is 3. The Kier molecular flexibility index (Phi) is 7.05. The topological polar surface area (TPSA) is 70.2 Å². The van der Waals surface area contributed by atoms with E-state index in [1.54, 1.807) is 0 Å². The zero-order valence-corrected chi connectivity index (χ0v) is 15.0. The number of halogens is 1. The van der Waals surface area contributed by atoms with E-state index in [2.05, 4.69) is 38.8 Å². The molecule has 5 nitrogen and oxygen atoms in total. The highest BCUT2D eigenvalue weighted by Crippen LogP contribution is 2.22. The van der Waals surface area contributed by atoms with Crippen molar-refractivity contribution in [2.24, 2.45) is 11.8 Å². The van der Waals surface area contributed by atoms with E-state index in [1.807, 2.05) is 24.3 Å². The largest absolute Gasteiger partial charge is 0.347 e. The van der Waals surface area contributed by atoms with Gasteiger partial charge in [-0.15, -0.1) is 0 Å². The summed E-state index contributed by atoms with van der Waals surface area (Å²) in [5.41, 5.74) is 0.717. The second-order valence-electron chi connectivity index (χ2n) is 6.12. The standard InChI is InChI=1S/C17H24BrN3O2/c1-12(13-3-2-8-19-10-13)9-16(22)20-11-17(23)21-15-6-4-14(18)5-7-15/h4-7,12-13,19H,2-3,8-11H2,1H3,(H,20,22)(H,21,23). The average Bonchev–Trinajstić information content (AvgIpc) is 2.56. The summed E-state index contributed by atoms with van der Waals surface area (Å²) < 4.78 is 0.954. The molecule has 0 spiro atoms. The van der Waals surface area contributed by atoms with Crippen LogP contribution in [0.3, 0.4) is 0 Å². The van der Waals surface area contributed by atoms with E-state index in [-0.39, 0.29) is 18.4 Å². The maximum atomic E-state index is 12.0. The molecule has 0 aliphatic carbocycles. The first-order valence-electron chi connectivity index (χ1n) is 8.07. The summed E-state index contributed by atoms with van der Waals surface area (Å²) in [4.78, 5) is 23.8. The van der Waals surface area contributed by atoms with E-state index in [4.69, 9.17) is 0 Å². The van der Waals surface area contributed by atoms with Gasteiger partial charge in [0.2, 0.25) is 11.8 Å². The lowest BCUT2D eigenvalue weighted by atomic mass is 9.85. The smallest absolute Gasteiger partial charge is 0.243 e. The molecule has 6 heteroatoms. The van der Waals surface area contributed by atoms with Gasteiger partial charge in [0.15, 0.2) is 0 Å². The third-order valence-electron chi connectivity index (χ3n) is 4.22.